The minimum atomic E-state index is -1.59. The van der Waals surface area contributed by atoms with Crippen LogP contribution in [0.25, 0.3) is 0 Å². The summed E-state index contributed by atoms with van der Waals surface area (Å²) in [5.41, 5.74) is 4.49. The first-order valence-electron chi connectivity index (χ1n) is 15.0. The molecule has 2 amide bonds. The number of carbonyl (C=O) groups excluding carboxylic acids is 7. The van der Waals surface area contributed by atoms with Crippen molar-refractivity contribution < 1.29 is 48.6 Å². The van der Waals surface area contributed by atoms with Gasteiger partial charge in [0.05, 0.1) is 31.0 Å². The first-order valence-corrected chi connectivity index (χ1v) is 16.3. The molecule has 0 aliphatic heterocycles. The molecule has 0 aromatic rings. The van der Waals surface area contributed by atoms with Gasteiger partial charge in [0.15, 0.2) is 17.7 Å². The third kappa shape index (κ3) is 20.5. The van der Waals surface area contributed by atoms with E-state index < -0.39 is 46.7 Å². The van der Waals surface area contributed by atoms with Crippen molar-refractivity contribution in [1.29, 1.82) is 0 Å². The van der Waals surface area contributed by atoms with Crippen molar-refractivity contribution in [2.45, 2.75) is 99.1 Å². The lowest BCUT2D eigenvalue weighted by atomic mass is 9.90. The van der Waals surface area contributed by atoms with E-state index in [0.29, 0.717) is 0 Å². The number of aliphatic hydroxyl groups is 1. The summed E-state index contributed by atoms with van der Waals surface area (Å²) in [5, 5.41) is 22.7. The molecule has 0 bridgehead atoms. The highest BCUT2D eigenvalue weighted by Crippen LogP contribution is 2.16. The highest BCUT2D eigenvalue weighted by atomic mass is 32.1. The monoisotopic (exact) mass is 691 g/mol. The topological polar surface area (TPSA) is 227 Å². The number of nitrogens with one attached hydrogen (secondary N) is 2. The quantitative estimate of drug-likeness (QED) is 0.0902. The summed E-state index contributed by atoms with van der Waals surface area (Å²) >= 11 is 8.13. The highest BCUT2D eigenvalue weighted by Gasteiger charge is 2.27. The van der Waals surface area contributed by atoms with Crippen molar-refractivity contribution in [3.05, 3.63) is 0 Å². The molecule has 0 fully saturated rings. The predicted molar refractivity (Wildman–Crippen MR) is 180 cm³/mol. The van der Waals surface area contributed by atoms with Gasteiger partial charge in [0.1, 0.15) is 17.3 Å². The number of thiol groups is 2. The van der Waals surface area contributed by atoms with E-state index in [-0.39, 0.29) is 97.9 Å². The van der Waals surface area contributed by atoms with Gasteiger partial charge in [-0.05, 0) is 19.8 Å². The summed E-state index contributed by atoms with van der Waals surface area (Å²) in [5.74, 6) is -3.98. The number of hydrogen-bond donors (Lipinski definition) is 7. The van der Waals surface area contributed by atoms with Crippen LogP contribution in [-0.4, -0.2) is 93.7 Å². The molecule has 264 valence electrons. The molecule has 0 spiro atoms. The number of carboxylic acid groups (broad SMARTS) is 1. The molecule has 0 saturated carbocycles. The van der Waals surface area contributed by atoms with E-state index in [4.69, 9.17) is 15.9 Å². The number of rotatable bonds is 20. The fraction of sp³-hybridized carbons (Fsp3) is 0.742. The van der Waals surface area contributed by atoms with Crippen LogP contribution in [0.15, 0.2) is 0 Å². The van der Waals surface area contributed by atoms with Crippen molar-refractivity contribution in [1.82, 2.24) is 10.6 Å². The number of aliphatic hydroxyl groups excluding tert-OH is 1. The van der Waals surface area contributed by atoms with Crippen molar-refractivity contribution in [2.24, 2.45) is 28.4 Å². The Kier molecular flexibility index (Phi) is 21.8. The zero-order valence-electron chi connectivity index (χ0n) is 28.0. The van der Waals surface area contributed by atoms with E-state index >= 15 is 0 Å². The van der Waals surface area contributed by atoms with Gasteiger partial charge in [-0.1, -0.05) is 41.5 Å². The van der Waals surface area contributed by atoms with Gasteiger partial charge in [-0.3, -0.25) is 33.6 Å². The average Bonchev–Trinajstić information content (AvgIpc) is 2.96. The lowest BCUT2D eigenvalue weighted by molar-refractivity contribution is -0.147. The Labute approximate surface area is 282 Å². The summed E-state index contributed by atoms with van der Waals surface area (Å²) < 4.78 is 0. The number of carboxylic acids is 1. The molecular weight excluding hydrogens is 638 g/mol. The molecule has 0 radical (unpaired) electrons. The van der Waals surface area contributed by atoms with Crippen LogP contribution in [0.1, 0.15) is 87.0 Å². The lowest BCUT2D eigenvalue weighted by Crippen LogP contribution is -2.39. The number of carbonyl (C=O) groups is 8. The number of nitrogens with two attached hydrogens (primary N) is 1. The molecule has 4 atom stereocenters. The number of aliphatic carboxylic acids is 1. The van der Waals surface area contributed by atoms with Crippen LogP contribution in [0.2, 0.25) is 0 Å². The molecule has 0 aliphatic rings. The first-order chi connectivity index (χ1) is 21.0. The van der Waals surface area contributed by atoms with Crippen LogP contribution in [0, 0.1) is 22.7 Å². The zero-order chi connectivity index (χ0) is 36.4. The number of ketones is 5. The van der Waals surface area contributed by atoms with E-state index in [2.05, 4.69) is 35.9 Å². The van der Waals surface area contributed by atoms with Crippen molar-refractivity contribution >= 4 is 72.0 Å². The third-order valence-corrected chi connectivity index (χ3v) is 7.77. The van der Waals surface area contributed by atoms with Gasteiger partial charge in [-0.2, -0.15) is 25.3 Å². The molecule has 6 N–H and O–H groups in total. The lowest BCUT2D eigenvalue weighted by Gasteiger charge is -2.19. The molecule has 0 saturated heterocycles. The Morgan fingerprint density at radius 3 is 1.33 bits per heavy atom. The van der Waals surface area contributed by atoms with Crippen molar-refractivity contribution in [3.63, 3.8) is 0 Å². The van der Waals surface area contributed by atoms with Gasteiger partial charge in [0, 0.05) is 48.0 Å². The number of amides is 2. The standard InChI is InChI=1S/C16H28N2O4S.C15H25NO6S/c1-10(19)13(17)6-5-12(20)7-11(9-23)15(22)18-8-14(21)16(2,3)4;1-15(2,3)12(19)7-16-13(20)9(8-23)6-10(17)4-5-11(18)14(21)22/h11,13,23H,5-9,17H2,1-4H3,(H,18,22);9,11,18,23H,4-8H2,1-3H3,(H,16,20)(H,21,22). The second-order valence-electron chi connectivity index (χ2n) is 13.2. The van der Waals surface area contributed by atoms with Gasteiger partial charge < -0.3 is 26.6 Å². The molecule has 0 rings (SSSR count). The Bertz CT molecular complexity index is 999. The maximum Gasteiger partial charge on any atom is 0.332 e. The van der Waals surface area contributed by atoms with Gasteiger partial charge in [-0.15, -0.1) is 0 Å². The fourth-order valence-corrected chi connectivity index (χ4v) is 3.92. The predicted octanol–water partition coefficient (Wildman–Crippen LogP) is 1.37. The van der Waals surface area contributed by atoms with Crippen molar-refractivity contribution in [3.8, 4) is 0 Å². The normalized spacial score (nSPS) is 14.0. The second-order valence-corrected chi connectivity index (χ2v) is 13.9. The molecule has 0 heterocycles. The van der Waals surface area contributed by atoms with E-state index in [9.17, 15) is 38.4 Å². The van der Waals surface area contributed by atoms with E-state index in [1.54, 1.807) is 41.5 Å². The van der Waals surface area contributed by atoms with Gasteiger partial charge in [0.2, 0.25) is 11.8 Å². The molecule has 15 heteroatoms. The van der Waals surface area contributed by atoms with Gasteiger partial charge >= 0.3 is 5.97 Å². The molecule has 0 aromatic carbocycles. The van der Waals surface area contributed by atoms with E-state index in [1.807, 2.05) is 0 Å². The van der Waals surface area contributed by atoms with Crippen LogP contribution < -0.4 is 16.4 Å². The SMILES string of the molecule is CC(=O)C(N)CCC(=O)CC(CS)C(=O)NCC(=O)C(C)(C)C.CC(C)(C)C(=O)CNC(=O)C(CS)CC(=O)CCC(O)C(=O)O. The fourth-order valence-electron chi connectivity index (χ4n) is 3.33. The minimum Gasteiger partial charge on any atom is -0.479 e. The van der Waals surface area contributed by atoms with E-state index in [1.165, 1.54) is 6.92 Å². The van der Waals surface area contributed by atoms with Gasteiger partial charge in [0.25, 0.3) is 0 Å². The molecule has 0 aliphatic carbocycles. The molecule has 46 heavy (non-hydrogen) atoms. The largest absolute Gasteiger partial charge is 0.479 e. The Morgan fingerprint density at radius 1 is 0.696 bits per heavy atom. The van der Waals surface area contributed by atoms with Crippen LogP contribution in [0.3, 0.4) is 0 Å². The van der Waals surface area contributed by atoms with Crippen LogP contribution >= 0.6 is 25.3 Å². The summed E-state index contributed by atoms with van der Waals surface area (Å²) in [7, 11) is 0. The molecular formula is C31H53N3O10S2. The second kappa shape index (κ2) is 22.0. The minimum absolute atomic E-state index is 0.0314. The summed E-state index contributed by atoms with van der Waals surface area (Å²) in [6.07, 6.45) is -1.57. The third-order valence-electron chi connectivity index (χ3n) is 6.89. The summed E-state index contributed by atoms with van der Waals surface area (Å²) in [4.78, 5) is 92.7. The van der Waals surface area contributed by atoms with Crippen molar-refractivity contribution in [2.75, 3.05) is 24.6 Å². The van der Waals surface area contributed by atoms with E-state index in [0.717, 1.165) is 0 Å². The average molecular weight is 692 g/mol. The van der Waals surface area contributed by atoms with Crippen LogP contribution in [-0.2, 0) is 38.4 Å². The number of hydrogen-bond acceptors (Lipinski definition) is 12. The first kappa shape index (κ1) is 45.5. The van der Waals surface area contributed by atoms with Gasteiger partial charge in [-0.25, -0.2) is 4.79 Å². The molecule has 13 nitrogen and oxygen atoms in total. The molecule has 4 unspecified atom stereocenters. The highest BCUT2D eigenvalue weighted by molar-refractivity contribution is 7.80. The van der Waals surface area contributed by atoms with Crippen LogP contribution in [0.5, 0.6) is 0 Å². The van der Waals surface area contributed by atoms with Crippen LogP contribution in [0.4, 0.5) is 0 Å². The zero-order valence-corrected chi connectivity index (χ0v) is 29.8. The Morgan fingerprint density at radius 2 is 1.04 bits per heavy atom. The summed E-state index contributed by atoms with van der Waals surface area (Å²) in [6, 6.07) is -0.647. The smallest absolute Gasteiger partial charge is 0.332 e. The number of Topliss-reactive ketones (excluding diaryl/α,β-unsaturated/α-hetero) is 5. The molecule has 0 aromatic heterocycles. The maximum atomic E-state index is 12.0. The summed E-state index contributed by atoms with van der Waals surface area (Å²) in [6.45, 7) is 11.8. The Hall–Kier alpha value is -2.62. The Balaban J connectivity index is 0. The maximum absolute atomic E-state index is 12.0.